The van der Waals surface area contributed by atoms with Gasteiger partial charge in [-0.25, -0.2) is 9.97 Å². The van der Waals surface area contributed by atoms with Crippen molar-refractivity contribution in [3.05, 3.63) is 53.1 Å². The number of benzene rings is 1. The fraction of sp³-hybridized carbons (Fsp3) is 0.167. The Morgan fingerprint density at radius 1 is 1.16 bits per heavy atom. The van der Waals surface area contributed by atoms with Gasteiger partial charge in [-0.1, -0.05) is 30.7 Å². The summed E-state index contributed by atoms with van der Waals surface area (Å²) in [4.78, 5) is 20.2. The summed E-state index contributed by atoms with van der Waals surface area (Å²) in [6.07, 6.45) is 3.03. The molecule has 2 N–H and O–H groups in total. The highest BCUT2D eigenvalue weighted by molar-refractivity contribution is 7.14. The summed E-state index contributed by atoms with van der Waals surface area (Å²) in [7, 11) is 0. The summed E-state index contributed by atoms with van der Waals surface area (Å²) < 4.78 is 0. The lowest BCUT2D eigenvalue weighted by atomic mass is 10.1. The van der Waals surface area contributed by atoms with Crippen LogP contribution in [-0.4, -0.2) is 15.9 Å². The second-order valence-corrected chi connectivity index (χ2v) is 6.65. The Morgan fingerprint density at radius 3 is 2.60 bits per heavy atom. The molecule has 0 bridgehead atoms. The first kappa shape index (κ1) is 17.4. The topological polar surface area (TPSA) is 66.9 Å². The number of nitrogens with zero attached hydrogens (tertiary/aromatic N) is 2. The van der Waals surface area contributed by atoms with Crippen molar-refractivity contribution < 1.29 is 4.79 Å². The third kappa shape index (κ3) is 4.78. The molecule has 5 nitrogen and oxygen atoms in total. The average molecular weight is 373 g/mol. The molecule has 0 saturated carbocycles. The van der Waals surface area contributed by atoms with Crippen molar-refractivity contribution >= 4 is 45.4 Å². The summed E-state index contributed by atoms with van der Waals surface area (Å²) >= 11 is 7.29. The molecule has 0 fully saturated rings. The van der Waals surface area contributed by atoms with Gasteiger partial charge in [0.2, 0.25) is 5.91 Å². The highest BCUT2D eigenvalue weighted by atomic mass is 35.5. The molecule has 0 aliphatic rings. The van der Waals surface area contributed by atoms with Crippen LogP contribution in [0.4, 0.5) is 16.5 Å². The Hall–Kier alpha value is -2.44. The van der Waals surface area contributed by atoms with Crippen molar-refractivity contribution in [2.24, 2.45) is 0 Å². The third-order valence-electron chi connectivity index (χ3n) is 3.42. The van der Waals surface area contributed by atoms with E-state index in [0.29, 0.717) is 11.6 Å². The maximum Gasteiger partial charge on any atom is 0.224 e. The number of amides is 1. The van der Waals surface area contributed by atoms with Crippen LogP contribution in [0.5, 0.6) is 0 Å². The number of thiazole rings is 1. The molecule has 3 aromatic rings. The van der Waals surface area contributed by atoms with Crippen molar-refractivity contribution in [3.63, 3.8) is 0 Å². The van der Waals surface area contributed by atoms with Gasteiger partial charge in [0.05, 0.1) is 17.6 Å². The first-order valence-electron chi connectivity index (χ1n) is 7.88. The Labute approximate surface area is 155 Å². The number of carbonyl (C=O) groups is 1. The van der Waals surface area contributed by atoms with Crippen LogP contribution >= 0.6 is 22.9 Å². The molecule has 1 aromatic carbocycles. The second kappa shape index (κ2) is 8.09. The molecule has 0 unspecified atom stereocenters. The molecule has 128 valence electrons. The van der Waals surface area contributed by atoms with Gasteiger partial charge >= 0.3 is 0 Å². The summed E-state index contributed by atoms with van der Waals surface area (Å²) in [6.45, 7) is 1.98. The third-order valence-corrected chi connectivity index (χ3v) is 4.41. The normalized spacial score (nSPS) is 10.5. The predicted octanol–water partition coefficient (Wildman–Crippen LogP) is 5.34. The fourth-order valence-corrected chi connectivity index (χ4v) is 3.06. The summed E-state index contributed by atoms with van der Waals surface area (Å²) in [6, 6.07) is 11.2. The molecule has 0 spiro atoms. The number of hydrogen-bond donors (Lipinski definition) is 2. The molecule has 0 saturated heterocycles. The van der Waals surface area contributed by atoms with Gasteiger partial charge in [-0.15, -0.1) is 11.3 Å². The highest BCUT2D eigenvalue weighted by Gasteiger charge is 2.06. The van der Waals surface area contributed by atoms with E-state index in [1.807, 2.05) is 42.6 Å². The number of anilines is 3. The quantitative estimate of drug-likeness (QED) is 0.573. The van der Waals surface area contributed by atoms with Gasteiger partial charge in [0, 0.05) is 23.1 Å². The number of nitrogens with one attached hydrogen (secondary N) is 2. The largest absolute Gasteiger partial charge is 0.330 e. The lowest BCUT2D eigenvalue weighted by Gasteiger charge is -2.05. The molecule has 0 aliphatic heterocycles. The molecule has 2 heterocycles. The summed E-state index contributed by atoms with van der Waals surface area (Å²) in [5.41, 5.74) is 3.50. The monoisotopic (exact) mass is 372 g/mol. The standard InChI is InChI=1S/C18H17ClN4OS/c1-2-3-17(24)21-13-6-4-12(5-7-13)15-11-25-18(23-15)22-14-8-9-16(19)20-10-14/h4-11H,2-3H2,1H3,(H,21,24)(H,22,23). The van der Waals surface area contributed by atoms with Crippen LogP contribution in [0.2, 0.25) is 5.15 Å². The number of rotatable bonds is 6. The average Bonchev–Trinajstić information content (AvgIpc) is 3.06. The first-order chi connectivity index (χ1) is 12.1. The number of aromatic nitrogens is 2. The van der Waals surface area contributed by atoms with Crippen LogP contribution in [-0.2, 0) is 4.79 Å². The van der Waals surface area contributed by atoms with Crippen molar-refractivity contribution in [2.45, 2.75) is 19.8 Å². The van der Waals surface area contributed by atoms with Gasteiger partial charge in [-0.05, 0) is 30.7 Å². The Balaban J connectivity index is 1.67. The van der Waals surface area contributed by atoms with Crippen molar-refractivity contribution in [3.8, 4) is 11.3 Å². The molecular formula is C18H17ClN4OS. The Kier molecular flexibility index (Phi) is 5.63. The summed E-state index contributed by atoms with van der Waals surface area (Å²) in [5.74, 6) is 0.0342. The van der Waals surface area contributed by atoms with Crippen LogP contribution < -0.4 is 10.6 Å². The van der Waals surface area contributed by atoms with E-state index in [-0.39, 0.29) is 5.91 Å². The minimum atomic E-state index is 0.0342. The molecule has 0 atom stereocenters. The zero-order chi connectivity index (χ0) is 17.6. The molecule has 0 aliphatic carbocycles. The highest BCUT2D eigenvalue weighted by Crippen LogP contribution is 2.28. The summed E-state index contributed by atoms with van der Waals surface area (Å²) in [5, 5.41) is 9.29. The second-order valence-electron chi connectivity index (χ2n) is 5.41. The van der Waals surface area contributed by atoms with E-state index < -0.39 is 0 Å². The SMILES string of the molecule is CCCC(=O)Nc1ccc(-c2csc(Nc3ccc(Cl)nc3)n2)cc1. The minimum absolute atomic E-state index is 0.0342. The van der Waals surface area contributed by atoms with E-state index in [1.165, 1.54) is 11.3 Å². The van der Waals surface area contributed by atoms with Gasteiger partial charge in [0.1, 0.15) is 5.15 Å². The smallest absolute Gasteiger partial charge is 0.224 e. The number of halogens is 1. The van der Waals surface area contributed by atoms with Gasteiger partial charge in [0.15, 0.2) is 5.13 Å². The van der Waals surface area contributed by atoms with Crippen LogP contribution in [0.25, 0.3) is 11.3 Å². The van der Waals surface area contributed by atoms with E-state index >= 15 is 0 Å². The lowest BCUT2D eigenvalue weighted by Crippen LogP contribution is -2.10. The van der Waals surface area contributed by atoms with Crippen LogP contribution in [0.3, 0.4) is 0 Å². The zero-order valence-corrected chi connectivity index (χ0v) is 15.2. The van der Waals surface area contributed by atoms with E-state index in [9.17, 15) is 4.79 Å². The van der Waals surface area contributed by atoms with Gasteiger partial charge in [0.25, 0.3) is 0 Å². The number of pyridine rings is 1. The van der Waals surface area contributed by atoms with E-state index in [4.69, 9.17) is 11.6 Å². The molecule has 25 heavy (non-hydrogen) atoms. The van der Waals surface area contributed by atoms with E-state index in [1.54, 1.807) is 12.3 Å². The van der Waals surface area contributed by atoms with Gasteiger partial charge in [-0.2, -0.15) is 0 Å². The van der Waals surface area contributed by atoms with E-state index in [0.717, 1.165) is 34.2 Å². The molecule has 0 radical (unpaired) electrons. The Morgan fingerprint density at radius 2 is 1.92 bits per heavy atom. The van der Waals surface area contributed by atoms with Crippen molar-refractivity contribution in [2.75, 3.05) is 10.6 Å². The molecule has 3 rings (SSSR count). The number of hydrogen-bond acceptors (Lipinski definition) is 5. The maximum atomic E-state index is 11.6. The van der Waals surface area contributed by atoms with Crippen LogP contribution in [0.1, 0.15) is 19.8 Å². The fourth-order valence-electron chi connectivity index (χ4n) is 2.21. The first-order valence-corrected chi connectivity index (χ1v) is 9.14. The number of carbonyl (C=O) groups excluding carboxylic acids is 1. The minimum Gasteiger partial charge on any atom is -0.330 e. The Bertz CT molecular complexity index is 846. The van der Waals surface area contributed by atoms with Crippen LogP contribution in [0.15, 0.2) is 48.0 Å². The van der Waals surface area contributed by atoms with Gasteiger partial charge < -0.3 is 10.6 Å². The molecular weight excluding hydrogens is 356 g/mol. The zero-order valence-electron chi connectivity index (χ0n) is 13.6. The lowest BCUT2D eigenvalue weighted by molar-refractivity contribution is -0.116. The molecule has 7 heteroatoms. The van der Waals surface area contributed by atoms with Gasteiger partial charge in [-0.3, -0.25) is 4.79 Å². The van der Waals surface area contributed by atoms with Crippen LogP contribution in [0, 0.1) is 0 Å². The van der Waals surface area contributed by atoms with Crippen molar-refractivity contribution in [1.82, 2.24) is 9.97 Å². The molecule has 1 amide bonds. The predicted molar refractivity (Wildman–Crippen MR) is 104 cm³/mol. The maximum absolute atomic E-state index is 11.6. The molecule has 2 aromatic heterocycles. The van der Waals surface area contributed by atoms with Crippen molar-refractivity contribution in [1.29, 1.82) is 0 Å². The van der Waals surface area contributed by atoms with E-state index in [2.05, 4.69) is 20.6 Å².